The van der Waals surface area contributed by atoms with Crippen molar-refractivity contribution in [3.05, 3.63) is 205 Å². The first-order valence-corrected chi connectivity index (χ1v) is 24.3. The van der Waals surface area contributed by atoms with Gasteiger partial charge in [-0.15, -0.1) is 0 Å². The lowest BCUT2D eigenvalue weighted by atomic mass is 9.91. The fourth-order valence-corrected chi connectivity index (χ4v) is 13.3. The van der Waals surface area contributed by atoms with E-state index in [1.807, 2.05) is 12.1 Å². The van der Waals surface area contributed by atoms with Gasteiger partial charge in [0.25, 0.3) is 0 Å². The van der Waals surface area contributed by atoms with E-state index in [1.54, 1.807) is 0 Å². The van der Waals surface area contributed by atoms with Gasteiger partial charge in [-0.2, -0.15) is 0 Å². The molecule has 1 aromatic heterocycles. The summed E-state index contributed by atoms with van der Waals surface area (Å²) in [6.07, 6.45) is 0. The minimum atomic E-state index is -2.18. The molecule has 0 radical (unpaired) electrons. The van der Waals surface area contributed by atoms with Gasteiger partial charge in [0.2, 0.25) is 0 Å². The summed E-state index contributed by atoms with van der Waals surface area (Å²) in [7, 11) is -2.18. The molecular weight excluding hydrogens is 757 g/mol. The minimum absolute atomic E-state index is 0.882. The average molecular weight is 803 g/mol. The van der Waals surface area contributed by atoms with Crippen molar-refractivity contribution in [2.75, 3.05) is 9.80 Å². The molecule has 0 atom stereocenters. The van der Waals surface area contributed by atoms with Gasteiger partial charge >= 0.3 is 0 Å². The van der Waals surface area contributed by atoms with Crippen LogP contribution in [0.5, 0.6) is 0 Å². The van der Waals surface area contributed by atoms with Crippen molar-refractivity contribution in [1.82, 2.24) is 0 Å². The zero-order valence-corrected chi connectivity index (χ0v) is 36.2. The predicted molar refractivity (Wildman–Crippen MR) is 262 cm³/mol. The quantitative estimate of drug-likeness (QED) is 0.150. The van der Waals surface area contributed by atoms with Gasteiger partial charge in [-0.05, 0) is 136 Å². The van der Waals surface area contributed by atoms with Crippen LogP contribution in [0.3, 0.4) is 0 Å². The summed E-state index contributed by atoms with van der Waals surface area (Å²) in [6.45, 7) is 11.7. The fraction of sp³-hybridized carbons (Fsp3) is 0.0877. The van der Waals surface area contributed by atoms with E-state index in [0.717, 1.165) is 39.0 Å². The number of nitrogens with zero attached hydrogens (tertiary/aromatic N) is 2. The molecule has 11 rings (SSSR count). The number of anilines is 6. The van der Waals surface area contributed by atoms with E-state index >= 15 is 0 Å². The van der Waals surface area contributed by atoms with E-state index < -0.39 is 8.07 Å². The van der Waals surface area contributed by atoms with Gasteiger partial charge in [0.15, 0.2) is 5.58 Å². The van der Waals surface area contributed by atoms with Crippen molar-refractivity contribution in [3.8, 4) is 22.3 Å². The van der Waals surface area contributed by atoms with Crippen molar-refractivity contribution in [2.24, 2.45) is 0 Å². The molecule has 0 spiro atoms. The zero-order chi connectivity index (χ0) is 41.4. The number of rotatable bonds is 7. The van der Waals surface area contributed by atoms with E-state index in [-0.39, 0.29) is 0 Å². The van der Waals surface area contributed by atoms with Crippen LogP contribution in [0.4, 0.5) is 34.1 Å². The molecule has 4 heteroatoms. The Balaban J connectivity index is 1.02. The molecule has 10 aromatic rings. The van der Waals surface area contributed by atoms with Crippen LogP contribution in [-0.2, 0) is 0 Å². The molecule has 0 unspecified atom stereocenters. The summed E-state index contributed by atoms with van der Waals surface area (Å²) in [5, 5.41) is 7.91. The number of furan rings is 1. The van der Waals surface area contributed by atoms with Crippen molar-refractivity contribution in [3.63, 3.8) is 0 Å². The maximum atomic E-state index is 6.56. The molecule has 0 aliphatic carbocycles. The lowest BCUT2D eigenvalue weighted by molar-refractivity contribution is 0.669. The summed E-state index contributed by atoms with van der Waals surface area (Å²) in [6, 6.07) is 68.8. The third kappa shape index (κ3) is 5.93. The first-order chi connectivity index (χ1) is 29.8. The van der Waals surface area contributed by atoms with E-state index in [2.05, 4.69) is 220 Å². The molecule has 9 aromatic carbocycles. The Morgan fingerprint density at radius 3 is 1.74 bits per heavy atom. The number of fused-ring (bicyclic) bond motifs is 5. The second-order valence-electron chi connectivity index (χ2n) is 17.1. The SMILES string of the molecule is Cc1cc(C)c(N(c2ccccc2)c2ccc3c(c2)[Si](C)(C)c2cccc4c(-c5ccc(N(c6ccccc6)c6cccc7c6oc6ccccc67)cc5)ccc-3c24)c(C)c1. The Hall–Kier alpha value is -7.14. The average Bonchev–Trinajstić information content (AvgIpc) is 3.67. The van der Waals surface area contributed by atoms with Crippen LogP contribution in [0.2, 0.25) is 13.1 Å². The van der Waals surface area contributed by atoms with Crippen LogP contribution < -0.4 is 20.2 Å². The van der Waals surface area contributed by atoms with Gasteiger partial charge in [-0.3, -0.25) is 0 Å². The van der Waals surface area contributed by atoms with Gasteiger partial charge in [-0.25, -0.2) is 0 Å². The molecule has 0 saturated carbocycles. The first kappa shape index (κ1) is 36.9. The van der Waals surface area contributed by atoms with Crippen LogP contribution in [-0.4, -0.2) is 8.07 Å². The smallest absolute Gasteiger partial charge is 0.159 e. The Labute approximate surface area is 358 Å². The lowest BCUT2D eigenvalue weighted by Gasteiger charge is -2.36. The van der Waals surface area contributed by atoms with Crippen molar-refractivity contribution >= 4 is 85.3 Å². The van der Waals surface area contributed by atoms with Crippen molar-refractivity contribution in [2.45, 2.75) is 33.9 Å². The minimum Gasteiger partial charge on any atom is -0.454 e. The molecule has 0 N–H and O–H groups in total. The molecule has 61 heavy (non-hydrogen) atoms. The third-order valence-corrected chi connectivity index (χ3v) is 16.4. The molecule has 1 aliphatic rings. The summed E-state index contributed by atoms with van der Waals surface area (Å²) in [4.78, 5) is 4.78. The van der Waals surface area contributed by atoms with Crippen LogP contribution in [0.15, 0.2) is 192 Å². The highest BCUT2D eigenvalue weighted by atomic mass is 28.3. The Morgan fingerprint density at radius 2 is 1.00 bits per heavy atom. The highest BCUT2D eigenvalue weighted by Gasteiger charge is 2.36. The fourth-order valence-electron chi connectivity index (χ4n) is 10.2. The number of hydrogen-bond acceptors (Lipinski definition) is 3. The topological polar surface area (TPSA) is 19.6 Å². The van der Waals surface area contributed by atoms with Gasteiger partial charge in [0, 0.05) is 33.5 Å². The number of hydrogen-bond donors (Lipinski definition) is 0. The van der Waals surface area contributed by atoms with Crippen LogP contribution in [0.25, 0.3) is 55.0 Å². The Morgan fingerprint density at radius 1 is 0.426 bits per heavy atom. The molecule has 0 bridgehead atoms. The van der Waals surface area contributed by atoms with Crippen LogP contribution in [0, 0.1) is 20.8 Å². The summed E-state index contributed by atoms with van der Waals surface area (Å²) < 4.78 is 6.56. The Kier molecular flexibility index (Phi) is 8.62. The highest BCUT2D eigenvalue weighted by molar-refractivity contribution is 7.03. The summed E-state index contributed by atoms with van der Waals surface area (Å²) in [5.41, 5.74) is 17.5. The van der Waals surface area contributed by atoms with Gasteiger partial charge in [0.05, 0.1) is 11.4 Å². The zero-order valence-electron chi connectivity index (χ0n) is 35.2. The lowest BCUT2D eigenvalue weighted by Crippen LogP contribution is -2.56. The van der Waals surface area contributed by atoms with E-state index in [0.29, 0.717) is 0 Å². The van der Waals surface area contributed by atoms with Crippen LogP contribution >= 0.6 is 0 Å². The third-order valence-electron chi connectivity index (χ3n) is 12.9. The number of benzene rings is 9. The maximum Gasteiger partial charge on any atom is 0.159 e. The second-order valence-corrected chi connectivity index (χ2v) is 21.5. The maximum absolute atomic E-state index is 6.56. The van der Waals surface area contributed by atoms with Crippen molar-refractivity contribution < 1.29 is 4.42 Å². The van der Waals surface area contributed by atoms with Gasteiger partial charge in [-0.1, -0.05) is 146 Å². The van der Waals surface area contributed by atoms with Gasteiger partial charge < -0.3 is 14.2 Å². The van der Waals surface area contributed by atoms with Gasteiger partial charge in [0.1, 0.15) is 13.7 Å². The largest absolute Gasteiger partial charge is 0.454 e. The summed E-state index contributed by atoms with van der Waals surface area (Å²) in [5.74, 6) is 0. The molecule has 294 valence electrons. The molecule has 2 heterocycles. The molecule has 0 amide bonds. The molecule has 3 nitrogen and oxygen atoms in total. The van der Waals surface area contributed by atoms with E-state index in [9.17, 15) is 0 Å². The highest BCUT2D eigenvalue weighted by Crippen LogP contribution is 2.45. The standard InChI is InChI=1S/C57H46N2OSi/c1-37-34-38(2)56(39(3)35-37)59(42-18-10-7-11-19-42)44-30-31-47-49-33-32-45(48-21-15-25-53(55(48)49)61(4,5)54(47)36-44)40-26-28-43(29-27-40)58(41-16-8-6-9-17-41)51-23-14-22-50-46-20-12-13-24-52(46)60-57(50)51/h6-36H,1-5H3. The summed E-state index contributed by atoms with van der Waals surface area (Å²) >= 11 is 0. The Bertz CT molecular complexity index is 3290. The molecular formula is C57H46N2OSi. The van der Waals surface area contributed by atoms with Crippen molar-refractivity contribution in [1.29, 1.82) is 0 Å². The molecule has 1 aliphatic heterocycles. The monoisotopic (exact) mass is 802 g/mol. The number of para-hydroxylation sites is 4. The first-order valence-electron chi connectivity index (χ1n) is 21.3. The number of aryl methyl sites for hydroxylation is 3. The van der Waals surface area contributed by atoms with Crippen LogP contribution in [0.1, 0.15) is 16.7 Å². The molecule has 0 fully saturated rings. The molecule has 0 saturated heterocycles. The normalized spacial score (nSPS) is 12.8. The predicted octanol–water partition coefficient (Wildman–Crippen LogP) is 15.1. The van der Waals surface area contributed by atoms with E-state index in [1.165, 1.54) is 77.2 Å². The van der Waals surface area contributed by atoms with E-state index in [4.69, 9.17) is 4.42 Å². The second kappa shape index (κ2) is 14.3.